The highest BCUT2D eigenvalue weighted by atomic mass is 16.3. The fourth-order valence-electron chi connectivity index (χ4n) is 2.50. The lowest BCUT2D eigenvalue weighted by molar-refractivity contribution is 0.252. The van der Waals surface area contributed by atoms with Gasteiger partial charge in [0.25, 0.3) is 0 Å². The van der Waals surface area contributed by atoms with Gasteiger partial charge in [-0.2, -0.15) is 0 Å². The van der Waals surface area contributed by atoms with Gasteiger partial charge in [-0.3, -0.25) is 4.79 Å². The SMILES string of the molecule is CCCCNC(=O)Nc1ccc2nc3c(C)cc(=O)cc-3oc2c1. The molecule has 0 saturated heterocycles. The third-order valence-electron chi connectivity index (χ3n) is 3.72. The molecule has 0 fully saturated rings. The Hall–Kier alpha value is -2.89. The summed E-state index contributed by atoms with van der Waals surface area (Å²) in [7, 11) is 0. The summed E-state index contributed by atoms with van der Waals surface area (Å²) in [5.74, 6) is 0.442. The normalized spacial score (nSPS) is 10.9. The van der Waals surface area contributed by atoms with E-state index in [1.165, 1.54) is 12.1 Å². The minimum absolute atomic E-state index is 0.116. The maximum absolute atomic E-state index is 11.8. The Labute approximate surface area is 139 Å². The Morgan fingerprint density at radius 2 is 2.08 bits per heavy atom. The minimum Gasteiger partial charge on any atom is -0.453 e. The molecule has 0 bridgehead atoms. The molecule has 0 atom stereocenters. The van der Waals surface area contributed by atoms with Crippen LogP contribution in [0.15, 0.2) is 39.5 Å². The molecule has 2 aliphatic rings. The fourth-order valence-corrected chi connectivity index (χ4v) is 2.50. The van der Waals surface area contributed by atoms with Gasteiger partial charge in [0, 0.05) is 24.4 Å². The Morgan fingerprint density at radius 3 is 2.88 bits per heavy atom. The molecule has 1 aromatic rings. The lowest BCUT2D eigenvalue weighted by Gasteiger charge is -2.10. The molecule has 1 heterocycles. The fraction of sp³-hybridized carbons (Fsp3) is 0.278. The summed E-state index contributed by atoms with van der Waals surface area (Å²) in [6, 6.07) is 7.96. The zero-order valence-electron chi connectivity index (χ0n) is 13.7. The van der Waals surface area contributed by atoms with Gasteiger partial charge in [0.15, 0.2) is 16.8 Å². The van der Waals surface area contributed by atoms with Crippen LogP contribution in [0.4, 0.5) is 10.5 Å². The highest BCUT2D eigenvalue weighted by Crippen LogP contribution is 2.27. The summed E-state index contributed by atoms with van der Waals surface area (Å²) in [6.45, 7) is 4.53. The maximum atomic E-state index is 11.8. The quantitative estimate of drug-likeness (QED) is 0.568. The first-order chi connectivity index (χ1) is 11.6. The first-order valence-electron chi connectivity index (χ1n) is 7.97. The number of carbonyl (C=O) groups excluding carboxylic acids is 1. The van der Waals surface area contributed by atoms with Crippen molar-refractivity contribution >= 4 is 22.8 Å². The van der Waals surface area contributed by atoms with Gasteiger partial charge in [0.2, 0.25) is 0 Å². The van der Waals surface area contributed by atoms with Crippen molar-refractivity contribution in [3.8, 4) is 11.5 Å². The van der Waals surface area contributed by atoms with Crippen LogP contribution in [0.25, 0.3) is 22.6 Å². The molecule has 0 radical (unpaired) electrons. The molecule has 1 aliphatic carbocycles. The Balaban J connectivity index is 1.91. The number of hydrogen-bond acceptors (Lipinski definition) is 4. The number of aromatic nitrogens is 1. The lowest BCUT2D eigenvalue weighted by atomic mass is 10.1. The number of urea groups is 1. The monoisotopic (exact) mass is 325 g/mol. The lowest BCUT2D eigenvalue weighted by Crippen LogP contribution is -2.29. The Bertz CT molecular complexity index is 917. The van der Waals surface area contributed by atoms with Crippen LogP contribution >= 0.6 is 0 Å². The molecule has 1 aromatic carbocycles. The second kappa shape index (κ2) is 6.70. The number of unbranched alkanes of at least 4 members (excludes halogenated alkanes) is 1. The largest absolute Gasteiger partial charge is 0.453 e. The summed E-state index contributed by atoms with van der Waals surface area (Å²) in [4.78, 5) is 28.0. The average Bonchev–Trinajstić information content (AvgIpc) is 2.53. The highest BCUT2D eigenvalue weighted by Gasteiger charge is 2.13. The predicted molar refractivity (Wildman–Crippen MR) is 93.6 cm³/mol. The van der Waals surface area contributed by atoms with Crippen molar-refractivity contribution in [3.05, 3.63) is 46.1 Å². The third kappa shape index (κ3) is 3.37. The van der Waals surface area contributed by atoms with Crippen LogP contribution < -0.4 is 16.1 Å². The van der Waals surface area contributed by atoms with Crippen molar-refractivity contribution in [3.63, 3.8) is 0 Å². The van der Waals surface area contributed by atoms with Crippen LogP contribution in [0.2, 0.25) is 0 Å². The zero-order chi connectivity index (χ0) is 17.1. The van der Waals surface area contributed by atoms with Gasteiger partial charge in [-0.15, -0.1) is 0 Å². The van der Waals surface area contributed by atoms with E-state index in [-0.39, 0.29) is 11.5 Å². The number of carbonyl (C=O) groups is 1. The average molecular weight is 325 g/mol. The van der Waals surface area contributed by atoms with Crippen molar-refractivity contribution in [2.75, 3.05) is 11.9 Å². The molecule has 1 aliphatic heterocycles. The van der Waals surface area contributed by atoms with E-state index in [1.54, 1.807) is 18.2 Å². The van der Waals surface area contributed by atoms with E-state index in [0.717, 1.165) is 18.4 Å². The topological polar surface area (TPSA) is 84.2 Å². The van der Waals surface area contributed by atoms with Crippen LogP contribution in [0.5, 0.6) is 0 Å². The number of nitrogens with zero attached hydrogens (tertiary/aromatic N) is 1. The molecule has 124 valence electrons. The summed E-state index contributed by atoms with van der Waals surface area (Å²) >= 11 is 0. The second-order valence-corrected chi connectivity index (χ2v) is 5.72. The van der Waals surface area contributed by atoms with E-state index in [1.807, 2.05) is 6.92 Å². The van der Waals surface area contributed by atoms with E-state index < -0.39 is 0 Å². The molecule has 6 nitrogen and oxygen atoms in total. The molecule has 2 amide bonds. The van der Waals surface area contributed by atoms with Crippen molar-refractivity contribution in [1.29, 1.82) is 0 Å². The first kappa shape index (κ1) is 16.0. The van der Waals surface area contributed by atoms with Gasteiger partial charge < -0.3 is 15.1 Å². The van der Waals surface area contributed by atoms with Crippen LogP contribution in [-0.2, 0) is 0 Å². The summed E-state index contributed by atoms with van der Waals surface area (Å²) in [5, 5.41) is 5.55. The number of rotatable bonds is 4. The third-order valence-corrected chi connectivity index (χ3v) is 3.72. The van der Waals surface area contributed by atoms with Crippen molar-refractivity contribution < 1.29 is 9.21 Å². The van der Waals surface area contributed by atoms with Crippen molar-refractivity contribution in [1.82, 2.24) is 10.3 Å². The molecule has 0 saturated carbocycles. The number of aryl methyl sites for hydroxylation is 1. The molecule has 6 heteroatoms. The number of nitrogens with one attached hydrogen (secondary N) is 2. The molecule has 0 aromatic heterocycles. The Morgan fingerprint density at radius 1 is 1.25 bits per heavy atom. The maximum Gasteiger partial charge on any atom is 0.319 e. The van der Waals surface area contributed by atoms with Gasteiger partial charge in [-0.05, 0) is 37.1 Å². The van der Waals surface area contributed by atoms with E-state index in [9.17, 15) is 9.59 Å². The number of benzene rings is 2. The second-order valence-electron chi connectivity index (χ2n) is 5.72. The minimum atomic E-state index is -0.255. The van der Waals surface area contributed by atoms with E-state index in [0.29, 0.717) is 34.8 Å². The zero-order valence-corrected chi connectivity index (χ0v) is 13.7. The Kier molecular flexibility index (Phi) is 4.46. The molecular formula is C18H19N3O3. The first-order valence-corrected chi connectivity index (χ1v) is 7.97. The predicted octanol–water partition coefficient (Wildman–Crippen LogP) is 3.52. The van der Waals surface area contributed by atoms with Crippen molar-refractivity contribution in [2.24, 2.45) is 0 Å². The van der Waals surface area contributed by atoms with Crippen LogP contribution in [0.1, 0.15) is 25.3 Å². The van der Waals surface area contributed by atoms with Gasteiger partial charge in [-0.25, -0.2) is 9.78 Å². The summed E-state index contributed by atoms with van der Waals surface area (Å²) < 4.78 is 5.79. The van der Waals surface area contributed by atoms with Crippen LogP contribution in [-0.4, -0.2) is 17.6 Å². The van der Waals surface area contributed by atoms with Gasteiger partial charge >= 0.3 is 6.03 Å². The molecule has 3 rings (SSSR count). The van der Waals surface area contributed by atoms with Gasteiger partial charge in [0.05, 0.1) is 0 Å². The smallest absolute Gasteiger partial charge is 0.319 e. The van der Waals surface area contributed by atoms with Gasteiger partial charge in [0.1, 0.15) is 11.2 Å². The van der Waals surface area contributed by atoms with Crippen LogP contribution in [0, 0.1) is 6.92 Å². The van der Waals surface area contributed by atoms with Crippen molar-refractivity contribution in [2.45, 2.75) is 26.7 Å². The van der Waals surface area contributed by atoms with E-state index >= 15 is 0 Å². The molecule has 24 heavy (non-hydrogen) atoms. The summed E-state index contributed by atoms with van der Waals surface area (Å²) in [5.41, 5.74) is 3.12. The summed E-state index contributed by atoms with van der Waals surface area (Å²) in [6.07, 6.45) is 1.96. The molecular weight excluding hydrogens is 306 g/mol. The number of fused-ring (bicyclic) bond motifs is 2. The molecule has 0 unspecified atom stereocenters. The molecule has 0 spiro atoms. The number of amides is 2. The number of hydrogen-bond donors (Lipinski definition) is 2. The van der Waals surface area contributed by atoms with Crippen LogP contribution in [0.3, 0.4) is 0 Å². The highest BCUT2D eigenvalue weighted by molar-refractivity contribution is 5.91. The van der Waals surface area contributed by atoms with E-state index in [2.05, 4.69) is 22.5 Å². The standard InChI is InChI=1S/C18H19N3O3/c1-3-4-7-19-18(23)20-12-5-6-14-15(9-12)24-16-10-13(22)8-11(2)17(16)21-14/h5-6,8-10H,3-4,7H2,1-2H3,(H2,19,20,23). The van der Waals surface area contributed by atoms with Gasteiger partial charge in [-0.1, -0.05) is 13.3 Å². The van der Waals surface area contributed by atoms with E-state index in [4.69, 9.17) is 4.42 Å². The number of anilines is 1. The molecule has 2 N–H and O–H groups in total.